The summed E-state index contributed by atoms with van der Waals surface area (Å²) in [7, 11) is 4.57. The van der Waals surface area contributed by atoms with Crippen LogP contribution in [0.4, 0.5) is 0 Å². The van der Waals surface area contributed by atoms with Crippen molar-refractivity contribution in [2.45, 2.75) is 12.5 Å². The molecule has 0 saturated carbocycles. The van der Waals surface area contributed by atoms with Crippen molar-refractivity contribution in [3.05, 3.63) is 47.5 Å². The number of fused-ring (bicyclic) bond motifs is 1. The van der Waals surface area contributed by atoms with E-state index in [9.17, 15) is 4.79 Å². The van der Waals surface area contributed by atoms with Crippen LogP contribution in [0.1, 0.15) is 28.4 Å². The molecular weight excluding hydrogens is 322 g/mol. The molecule has 2 aromatic carbocycles. The highest BCUT2D eigenvalue weighted by Gasteiger charge is 2.24. The molecule has 6 nitrogen and oxygen atoms in total. The van der Waals surface area contributed by atoms with Crippen LogP contribution in [0.25, 0.3) is 0 Å². The lowest BCUT2D eigenvalue weighted by Gasteiger charge is -2.26. The number of amides is 1. The fourth-order valence-electron chi connectivity index (χ4n) is 2.95. The molecule has 0 aliphatic carbocycles. The number of para-hydroxylation sites is 1. The van der Waals surface area contributed by atoms with Gasteiger partial charge in [0.2, 0.25) is 5.75 Å². The van der Waals surface area contributed by atoms with Crippen molar-refractivity contribution in [2.75, 3.05) is 27.9 Å². The third-order valence-electron chi connectivity index (χ3n) is 4.19. The molecule has 0 spiro atoms. The van der Waals surface area contributed by atoms with Crippen LogP contribution in [0.2, 0.25) is 0 Å². The molecule has 0 bridgehead atoms. The molecule has 0 fully saturated rings. The molecule has 0 radical (unpaired) electrons. The number of carbonyl (C=O) groups excluding carboxylic acids is 1. The maximum atomic E-state index is 12.8. The summed E-state index contributed by atoms with van der Waals surface area (Å²) in [6, 6.07) is 10.9. The number of hydrogen-bond acceptors (Lipinski definition) is 5. The maximum absolute atomic E-state index is 12.8. The first-order valence-electron chi connectivity index (χ1n) is 8.00. The minimum absolute atomic E-state index is 0.100. The standard InChI is InChI=1S/C19H21NO5/c1-22-16-10-12(11-17(23-2)18(16)24-3)19(21)20-14-8-9-25-15-7-5-4-6-13(14)15/h4-7,10-11,14H,8-9H2,1-3H3,(H,20,21). The number of benzene rings is 2. The summed E-state index contributed by atoms with van der Waals surface area (Å²) in [5.74, 6) is 1.95. The minimum Gasteiger partial charge on any atom is -0.493 e. The summed E-state index contributed by atoms with van der Waals surface area (Å²) < 4.78 is 21.5. The molecule has 0 aromatic heterocycles. The third-order valence-corrected chi connectivity index (χ3v) is 4.19. The quantitative estimate of drug-likeness (QED) is 0.904. The van der Waals surface area contributed by atoms with Crippen LogP contribution >= 0.6 is 0 Å². The van der Waals surface area contributed by atoms with Gasteiger partial charge in [0.15, 0.2) is 11.5 Å². The maximum Gasteiger partial charge on any atom is 0.252 e. The third kappa shape index (κ3) is 3.33. The lowest BCUT2D eigenvalue weighted by Crippen LogP contribution is -2.32. The molecule has 1 aliphatic heterocycles. The topological polar surface area (TPSA) is 66.0 Å². The zero-order valence-corrected chi connectivity index (χ0v) is 14.5. The molecular formula is C19H21NO5. The number of nitrogens with one attached hydrogen (secondary N) is 1. The van der Waals surface area contributed by atoms with Gasteiger partial charge in [-0.05, 0) is 18.2 Å². The van der Waals surface area contributed by atoms with E-state index in [0.29, 0.717) is 35.8 Å². The van der Waals surface area contributed by atoms with E-state index in [0.717, 1.165) is 11.3 Å². The second kappa shape index (κ2) is 7.34. The Labute approximate surface area is 146 Å². The summed E-state index contributed by atoms with van der Waals surface area (Å²) >= 11 is 0. The summed E-state index contributed by atoms with van der Waals surface area (Å²) in [4.78, 5) is 12.8. The van der Waals surface area contributed by atoms with E-state index in [4.69, 9.17) is 18.9 Å². The molecule has 6 heteroatoms. The monoisotopic (exact) mass is 343 g/mol. The first-order chi connectivity index (χ1) is 12.2. The molecule has 0 saturated heterocycles. The molecule has 1 N–H and O–H groups in total. The SMILES string of the molecule is COc1cc(C(=O)NC2CCOc3ccccc32)cc(OC)c1OC. The Bertz CT molecular complexity index is 749. The number of methoxy groups -OCH3 is 3. The van der Waals surface area contributed by atoms with E-state index < -0.39 is 0 Å². The van der Waals surface area contributed by atoms with Crippen molar-refractivity contribution in [3.8, 4) is 23.0 Å². The van der Waals surface area contributed by atoms with Crippen molar-refractivity contribution in [1.82, 2.24) is 5.32 Å². The Hall–Kier alpha value is -2.89. The Kier molecular flexibility index (Phi) is 4.97. The normalized spacial score (nSPS) is 15.6. The highest BCUT2D eigenvalue weighted by molar-refractivity contribution is 5.96. The van der Waals surface area contributed by atoms with E-state index in [2.05, 4.69) is 5.32 Å². The Balaban J connectivity index is 1.87. The van der Waals surface area contributed by atoms with Crippen LogP contribution in [0.3, 0.4) is 0 Å². The van der Waals surface area contributed by atoms with Gasteiger partial charge in [0, 0.05) is 17.5 Å². The van der Waals surface area contributed by atoms with Gasteiger partial charge in [-0.2, -0.15) is 0 Å². The van der Waals surface area contributed by atoms with Gasteiger partial charge in [-0.15, -0.1) is 0 Å². The number of hydrogen-bond donors (Lipinski definition) is 1. The van der Waals surface area contributed by atoms with Crippen molar-refractivity contribution >= 4 is 5.91 Å². The molecule has 2 aromatic rings. The second-order valence-corrected chi connectivity index (χ2v) is 5.62. The minimum atomic E-state index is -0.207. The lowest BCUT2D eigenvalue weighted by atomic mass is 10.00. The largest absolute Gasteiger partial charge is 0.493 e. The van der Waals surface area contributed by atoms with Crippen LogP contribution in [0, 0.1) is 0 Å². The number of carbonyl (C=O) groups is 1. The van der Waals surface area contributed by atoms with Gasteiger partial charge in [-0.3, -0.25) is 4.79 Å². The van der Waals surface area contributed by atoms with Gasteiger partial charge < -0.3 is 24.3 Å². The molecule has 1 atom stereocenters. The van der Waals surface area contributed by atoms with E-state index in [-0.39, 0.29) is 11.9 Å². The average Bonchev–Trinajstić information content (AvgIpc) is 2.66. The zero-order chi connectivity index (χ0) is 17.8. The van der Waals surface area contributed by atoms with Gasteiger partial charge in [-0.25, -0.2) is 0 Å². The van der Waals surface area contributed by atoms with E-state index in [1.165, 1.54) is 21.3 Å². The van der Waals surface area contributed by atoms with Gasteiger partial charge >= 0.3 is 0 Å². The van der Waals surface area contributed by atoms with Gasteiger partial charge in [0.1, 0.15) is 5.75 Å². The Morgan fingerprint density at radius 1 is 1.08 bits per heavy atom. The van der Waals surface area contributed by atoms with Crippen LogP contribution in [-0.2, 0) is 0 Å². The second-order valence-electron chi connectivity index (χ2n) is 5.62. The fourth-order valence-corrected chi connectivity index (χ4v) is 2.95. The van der Waals surface area contributed by atoms with E-state index >= 15 is 0 Å². The van der Waals surface area contributed by atoms with Crippen LogP contribution in [-0.4, -0.2) is 33.8 Å². The van der Waals surface area contributed by atoms with Crippen LogP contribution < -0.4 is 24.3 Å². The van der Waals surface area contributed by atoms with E-state index in [1.54, 1.807) is 12.1 Å². The summed E-state index contributed by atoms with van der Waals surface area (Å²) in [6.07, 6.45) is 0.715. The zero-order valence-electron chi connectivity index (χ0n) is 14.5. The van der Waals surface area contributed by atoms with Crippen molar-refractivity contribution in [1.29, 1.82) is 0 Å². The predicted molar refractivity (Wildman–Crippen MR) is 92.9 cm³/mol. The molecule has 25 heavy (non-hydrogen) atoms. The highest BCUT2D eigenvalue weighted by Crippen LogP contribution is 2.38. The molecule has 3 rings (SSSR count). The summed E-state index contributed by atoms with van der Waals surface area (Å²) in [5.41, 5.74) is 1.42. The molecule has 1 heterocycles. The van der Waals surface area contributed by atoms with Gasteiger partial charge in [0.25, 0.3) is 5.91 Å². The Morgan fingerprint density at radius 2 is 1.76 bits per heavy atom. The van der Waals surface area contributed by atoms with Crippen molar-refractivity contribution in [2.24, 2.45) is 0 Å². The average molecular weight is 343 g/mol. The molecule has 1 amide bonds. The first-order valence-corrected chi connectivity index (χ1v) is 8.00. The molecule has 132 valence electrons. The lowest BCUT2D eigenvalue weighted by molar-refractivity contribution is 0.0924. The van der Waals surface area contributed by atoms with Crippen molar-refractivity contribution in [3.63, 3.8) is 0 Å². The van der Waals surface area contributed by atoms with Gasteiger partial charge in [-0.1, -0.05) is 18.2 Å². The fraction of sp³-hybridized carbons (Fsp3) is 0.316. The molecule has 1 unspecified atom stereocenters. The highest BCUT2D eigenvalue weighted by atomic mass is 16.5. The Morgan fingerprint density at radius 3 is 2.40 bits per heavy atom. The van der Waals surface area contributed by atoms with E-state index in [1.807, 2.05) is 24.3 Å². The number of ether oxygens (including phenoxy) is 4. The predicted octanol–water partition coefficient (Wildman–Crippen LogP) is 2.97. The summed E-state index contributed by atoms with van der Waals surface area (Å²) in [5, 5.41) is 3.06. The van der Waals surface area contributed by atoms with Crippen LogP contribution in [0.15, 0.2) is 36.4 Å². The summed E-state index contributed by atoms with van der Waals surface area (Å²) in [6.45, 7) is 0.567. The van der Waals surface area contributed by atoms with Gasteiger partial charge in [0.05, 0.1) is 34.0 Å². The first kappa shape index (κ1) is 17.0. The smallest absolute Gasteiger partial charge is 0.252 e. The number of rotatable bonds is 5. The van der Waals surface area contributed by atoms with Crippen molar-refractivity contribution < 1.29 is 23.7 Å². The molecule has 1 aliphatic rings. The van der Waals surface area contributed by atoms with Crippen LogP contribution in [0.5, 0.6) is 23.0 Å².